The second kappa shape index (κ2) is 11.7. The number of likely N-dealkylation sites (N-methyl/N-ethyl adjacent to an activating group) is 1. The quantitative estimate of drug-likeness (QED) is 0.447. The van der Waals surface area contributed by atoms with Gasteiger partial charge in [-0.25, -0.2) is 0 Å². The molecule has 0 rings (SSSR count). The predicted molar refractivity (Wildman–Crippen MR) is 74.4 cm³/mol. The van der Waals surface area contributed by atoms with Crippen LogP contribution in [-0.2, 0) is 0 Å². The van der Waals surface area contributed by atoms with Gasteiger partial charge in [-0.2, -0.15) is 0 Å². The molecule has 0 saturated carbocycles. The zero-order valence-corrected chi connectivity index (χ0v) is 12.0. The van der Waals surface area contributed by atoms with E-state index in [1.165, 1.54) is 12.8 Å². The molecule has 98 valence electrons. The summed E-state index contributed by atoms with van der Waals surface area (Å²) in [5.41, 5.74) is 0. The Labute approximate surface area is 107 Å². The van der Waals surface area contributed by atoms with Crippen LogP contribution < -0.4 is 5.32 Å². The highest BCUT2D eigenvalue weighted by atomic mass is 35.5. The van der Waals surface area contributed by atoms with Gasteiger partial charge in [0.25, 0.3) is 0 Å². The topological polar surface area (TPSA) is 15.3 Å². The minimum Gasteiger partial charge on any atom is -0.315 e. The van der Waals surface area contributed by atoms with Gasteiger partial charge in [-0.1, -0.05) is 27.2 Å². The monoisotopic (exact) mass is 248 g/mol. The third-order valence-corrected chi connectivity index (χ3v) is 3.36. The van der Waals surface area contributed by atoms with E-state index in [0.29, 0.717) is 0 Å². The van der Waals surface area contributed by atoms with Crippen molar-refractivity contribution in [1.82, 2.24) is 10.2 Å². The fourth-order valence-electron chi connectivity index (χ4n) is 1.99. The van der Waals surface area contributed by atoms with Crippen LogP contribution in [0.25, 0.3) is 0 Å². The average molecular weight is 249 g/mol. The van der Waals surface area contributed by atoms with Crippen molar-refractivity contribution in [2.45, 2.75) is 40.0 Å². The van der Waals surface area contributed by atoms with Crippen molar-refractivity contribution < 1.29 is 0 Å². The van der Waals surface area contributed by atoms with Gasteiger partial charge in [-0.15, -0.1) is 11.6 Å². The van der Waals surface area contributed by atoms with E-state index in [2.05, 4.69) is 31.0 Å². The second-order valence-corrected chi connectivity index (χ2v) is 4.74. The van der Waals surface area contributed by atoms with Crippen LogP contribution in [0.15, 0.2) is 0 Å². The van der Waals surface area contributed by atoms with Crippen molar-refractivity contribution in [3.8, 4) is 0 Å². The largest absolute Gasteiger partial charge is 0.315 e. The van der Waals surface area contributed by atoms with Crippen LogP contribution in [0.1, 0.15) is 40.0 Å². The maximum Gasteiger partial charge on any atom is 0.0226 e. The minimum atomic E-state index is 0.763. The van der Waals surface area contributed by atoms with E-state index in [1.54, 1.807) is 0 Å². The summed E-state index contributed by atoms with van der Waals surface area (Å²) in [6, 6.07) is 0. The van der Waals surface area contributed by atoms with Crippen LogP contribution in [0.3, 0.4) is 0 Å². The molecule has 0 fully saturated rings. The van der Waals surface area contributed by atoms with Crippen molar-refractivity contribution in [2.24, 2.45) is 5.92 Å². The Morgan fingerprint density at radius 1 is 1.12 bits per heavy atom. The number of nitrogens with one attached hydrogen (secondary N) is 1. The summed E-state index contributed by atoms with van der Waals surface area (Å²) in [6.07, 6.45) is 3.71. The summed E-state index contributed by atoms with van der Waals surface area (Å²) in [7, 11) is 0. The predicted octanol–water partition coefficient (Wildman–Crippen LogP) is 2.96. The fraction of sp³-hybridized carbons (Fsp3) is 1.00. The normalized spacial score (nSPS) is 13.3. The Balaban J connectivity index is 3.52. The lowest BCUT2D eigenvalue weighted by atomic mass is 10.0. The van der Waals surface area contributed by atoms with Gasteiger partial charge < -0.3 is 10.2 Å². The standard InChI is InChI=1S/C13H29ClN2/c1-4-7-13(8-9-14)12-15-10-11-16(5-2)6-3/h13,15H,4-12H2,1-3H3. The molecular weight excluding hydrogens is 220 g/mol. The third-order valence-electron chi connectivity index (χ3n) is 3.15. The van der Waals surface area contributed by atoms with Crippen LogP contribution in [0.5, 0.6) is 0 Å². The van der Waals surface area contributed by atoms with Crippen LogP contribution in [0.4, 0.5) is 0 Å². The lowest BCUT2D eigenvalue weighted by Crippen LogP contribution is -2.34. The fourth-order valence-corrected chi connectivity index (χ4v) is 2.30. The summed E-state index contributed by atoms with van der Waals surface area (Å²) in [4.78, 5) is 2.45. The SMILES string of the molecule is CCCC(CCCl)CNCCN(CC)CC. The van der Waals surface area contributed by atoms with Gasteiger partial charge in [-0.3, -0.25) is 0 Å². The molecule has 0 heterocycles. The molecule has 3 heteroatoms. The zero-order valence-electron chi connectivity index (χ0n) is 11.3. The van der Waals surface area contributed by atoms with Crippen molar-refractivity contribution in [3.05, 3.63) is 0 Å². The number of hydrogen-bond donors (Lipinski definition) is 1. The lowest BCUT2D eigenvalue weighted by molar-refractivity contribution is 0.297. The van der Waals surface area contributed by atoms with E-state index < -0.39 is 0 Å². The molecule has 0 aromatic heterocycles. The van der Waals surface area contributed by atoms with E-state index in [9.17, 15) is 0 Å². The first-order valence-electron chi connectivity index (χ1n) is 6.77. The van der Waals surface area contributed by atoms with E-state index in [0.717, 1.165) is 50.9 Å². The van der Waals surface area contributed by atoms with Crippen molar-refractivity contribution in [1.29, 1.82) is 0 Å². The molecule has 0 aromatic rings. The zero-order chi connectivity index (χ0) is 12.2. The molecular formula is C13H29ClN2. The van der Waals surface area contributed by atoms with Crippen molar-refractivity contribution in [2.75, 3.05) is 38.6 Å². The van der Waals surface area contributed by atoms with Crippen molar-refractivity contribution in [3.63, 3.8) is 0 Å². The first kappa shape index (κ1) is 16.2. The Hall–Kier alpha value is 0.210. The molecule has 1 N–H and O–H groups in total. The molecule has 0 aliphatic carbocycles. The molecule has 0 aliphatic heterocycles. The summed E-state index contributed by atoms with van der Waals surface area (Å²) in [5.74, 6) is 1.56. The third kappa shape index (κ3) is 8.37. The Bertz CT molecular complexity index is 132. The molecule has 0 spiro atoms. The van der Waals surface area contributed by atoms with Gasteiger partial charge in [0.05, 0.1) is 0 Å². The first-order valence-corrected chi connectivity index (χ1v) is 7.30. The summed E-state index contributed by atoms with van der Waals surface area (Å²) >= 11 is 5.80. The highest BCUT2D eigenvalue weighted by Gasteiger charge is 2.06. The molecule has 0 amide bonds. The van der Waals surface area contributed by atoms with E-state index in [4.69, 9.17) is 11.6 Å². The van der Waals surface area contributed by atoms with E-state index in [-0.39, 0.29) is 0 Å². The molecule has 0 aromatic carbocycles. The van der Waals surface area contributed by atoms with Gasteiger partial charge in [0.15, 0.2) is 0 Å². The molecule has 0 radical (unpaired) electrons. The summed E-state index contributed by atoms with van der Waals surface area (Å²) < 4.78 is 0. The van der Waals surface area contributed by atoms with Crippen LogP contribution in [0, 0.1) is 5.92 Å². The Morgan fingerprint density at radius 2 is 1.81 bits per heavy atom. The number of rotatable bonds is 11. The molecule has 0 bridgehead atoms. The highest BCUT2D eigenvalue weighted by molar-refractivity contribution is 6.17. The van der Waals surface area contributed by atoms with Crippen LogP contribution in [-0.4, -0.2) is 43.5 Å². The average Bonchev–Trinajstić information content (AvgIpc) is 2.30. The summed E-state index contributed by atoms with van der Waals surface area (Å²) in [6.45, 7) is 12.4. The van der Waals surface area contributed by atoms with Gasteiger partial charge in [-0.05, 0) is 38.4 Å². The summed E-state index contributed by atoms with van der Waals surface area (Å²) in [5, 5.41) is 3.55. The Morgan fingerprint density at radius 3 is 2.31 bits per heavy atom. The lowest BCUT2D eigenvalue weighted by Gasteiger charge is -2.20. The number of hydrogen-bond acceptors (Lipinski definition) is 2. The molecule has 0 aliphatic rings. The second-order valence-electron chi connectivity index (χ2n) is 4.36. The van der Waals surface area contributed by atoms with Gasteiger partial charge >= 0.3 is 0 Å². The van der Waals surface area contributed by atoms with Crippen LogP contribution in [0.2, 0.25) is 0 Å². The number of alkyl halides is 1. The maximum atomic E-state index is 5.80. The van der Waals surface area contributed by atoms with Gasteiger partial charge in [0.2, 0.25) is 0 Å². The number of halogens is 1. The Kier molecular flexibility index (Phi) is 11.8. The van der Waals surface area contributed by atoms with Gasteiger partial charge in [0, 0.05) is 19.0 Å². The van der Waals surface area contributed by atoms with Gasteiger partial charge in [0.1, 0.15) is 0 Å². The molecule has 1 unspecified atom stereocenters. The van der Waals surface area contributed by atoms with Crippen LogP contribution >= 0.6 is 11.6 Å². The maximum absolute atomic E-state index is 5.80. The molecule has 2 nitrogen and oxygen atoms in total. The first-order chi connectivity index (χ1) is 7.78. The number of nitrogens with zero attached hydrogens (tertiary/aromatic N) is 1. The molecule has 0 saturated heterocycles. The molecule has 16 heavy (non-hydrogen) atoms. The van der Waals surface area contributed by atoms with E-state index in [1.807, 2.05) is 0 Å². The highest BCUT2D eigenvalue weighted by Crippen LogP contribution is 2.10. The minimum absolute atomic E-state index is 0.763. The molecule has 1 atom stereocenters. The van der Waals surface area contributed by atoms with Crippen molar-refractivity contribution >= 4 is 11.6 Å². The van der Waals surface area contributed by atoms with E-state index >= 15 is 0 Å². The smallest absolute Gasteiger partial charge is 0.0226 e.